The van der Waals surface area contributed by atoms with Crippen molar-refractivity contribution in [2.24, 2.45) is 5.41 Å². The van der Waals surface area contributed by atoms with Crippen molar-refractivity contribution in [2.45, 2.75) is 32.8 Å². The number of carbonyl (C=O) groups excluding carboxylic acids is 1. The SMILES string of the molecule is C#CCOC(c1ccc(C)cc1CCl)C(C)(C)C(=O)OC. The first-order valence-corrected chi connectivity index (χ1v) is 7.20. The molecule has 0 saturated heterocycles. The molecule has 21 heavy (non-hydrogen) atoms. The number of aryl methyl sites for hydroxylation is 1. The van der Waals surface area contributed by atoms with E-state index < -0.39 is 11.5 Å². The maximum atomic E-state index is 12.1. The molecule has 1 rings (SSSR count). The summed E-state index contributed by atoms with van der Waals surface area (Å²) in [4.78, 5) is 12.1. The molecule has 0 N–H and O–H groups in total. The Labute approximate surface area is 131 Å². The highest BCUT2D eigenvalue weighted by atomic mass is 35.5. The third-order valence-corrected chi connectivity index (χ3v) is 3.71. The molecule has 0 fully saturated rings. The molecule has 4 heteroatoms. The zero-order chi connectivity index (χ0) is 16.0. The minimum Gasteiger partial charge on any atom is -0.469 e. The van der Waals surface area contributed by atoms with Gasteiger partial charge in [-0.3, -0.25) is 4.79 Å². The number of esters is 1. The van der Waals surface area contributed by atoms with Gasteiger partial charge in [-0.15, -0.1) is 18.0 Å². The van der Waals surface area contributed by atoms with Crippen molar-refractivity contribution < 1.29 is 14.3 Å². The van der Waals surface area contributed by atoms with E-state index >= 15 is 0 Å². The lowest BCUT2D eigenvalue weighted by Gasteiger charge is -2.32. The van der Waals surface area contributed by atoms with Crippen LogP contribution in [0.25, 0.3) is 0 Å². The van der Waals surface area contributed by atoms with E-state index in [0.29, 0.717) is 5.88 Å². The van der Waals surface area contributed by atoms with Crippen LogP contribution in [0.4, 0.5) is 0 Å². The molecular formula is C17H21ClO3. The van der Waals surface area contributed by atoms with E-state index in [4.69, 9.17) is 27.5 Å². The number of rotatable bonds is 6. The molecule has 114 valence electrons. The number of halogens is 1. The Morgan fingerprint density at radius 1 is 1.48 bits per heavy atom. The second kappa shape index (κ2) is 7.49. The van der Waals surface area contributed by atoms with Gasteiger partial charge in [0.2, 0.25) is 0 Å². The van der Waals surface area contributed by atoms with Crippen molar-refractivity contribution >= 4 is 17.6 Å². The Kier molecular flexibility index (Phi) is 6.26. The van der Waals surface area contributed by atoms with Crippen LogP contribution in [0.5, 0.6) is 0 Å². The summed E-state index contributed by atoms with van der Waals surface area (Å²) in [5, 5.41) is 0. The summed E-state index contributed by atoms with van der Waals surface area (Å²) >= 11 is 6.03. The molecule has 0 saturated carbocycles. The van der Waals surface area contributed by atoms with Crippen LogP contribution in [0, 0.1) is 24.7 Å². The molecule has 1 aromatic carbocycles. The molecule has 0 aliphatic rings. The second-order valence-corrected chi connectivity index (χ2v) is 5.71. The average molecular weight is 309 g/mol. The van der Waals surface area contributed by atoms with Crippen molar-refractivity contribution in [3.63, 3.8) is 0 Å². The highest BCUT2D eigenvalue weighted by molar-refractivity contribution is 6.17. The number of terminal acetylenes is 1. The molecule has 0 amide bonds. The van der Waals surface area contributed by atoms with Gasteiger partial charge in [-0.1, -0.05) is 29.7 Å². The van der Waals surface area contributed by atoms with Gasteiger partial charge in [-0.05, 0) is 31.9 Å². The van der Waals surface area contributed by atoms with Gasteiger partial charge in [0.15, 0.2) is 0 Å². The van der Waals surface area contributed by atoms with Gasteiger partial charge in [0.05, 0.1) is 18.6 Å². The Morgan fingerprint density at radius 3 is 2.67 bits per heavy atom. The molecule has 0 aromatic heterocycles. The third kappa shape index (κ3) is 4.00. The summed E-state index contributed by atoms with van der Waals surface area (Å²) in [5.74, 6) is 2.42. The number of alkyl halides is 1. The normalized spacial score (nSPS) is 12.6. The Hall–Kier alpha value is -1.50. The Bertz CT molecular complexity index is 543. The van der Waals surface area contributed by atoms with Crippen molar-refractivity contribution in [2.75, 3.05) is 13.7 Å². The zero-order valence-corrected chi connectivity index (χ0v) is 13.7. The zero-order valence-electron chi connectivity index (χ0n) is 12.9. The molecule has 0 heterocycles. The lowest BCUT2D eigenvalue weighted by atomic mass is 9.80. The number of ether oxygens (including phenoxy) is 2. The average Bonchev–Trinajstić information content (AvgIpc) is 2.47. The fourth-order valence-corrected chi connectivity index (χ4v) is 2.53. The van der Waals surface area contributed by atoms with E-state index in [-0.39, 0.29) is 12.6 Å². The maximum absolute atomic E-state index is 12.1. The lowest BCUT2D eigenvalue weighted by molar-refractivity contribution is -0.160. The van der Waals surface area contributed by atoms with E-state index in [0.717, 1.165) is 16.7 Å². The molecular weight excluding hydrogens is 288 g/mol. The van der Waals surface area contributed by atoms with Crippen LogP contribution in [0.3, 0.4) is 0 Å². The van der Waals surface area contributed by atoms with Gasteiger partial charge >= 0.3 is 5.97 Å². The standard InChI is InChI=1S/C17H21ClO3/c1-6-9-21-15(17(3,4)16(19)20-5)14-8-7-12(2)10-13(14)11-18/h1,7-8,10,15H,9,11H2,2-5H3. The minimum atomic E-state index is -0.873. The van der Waals surface area contributed by atoms with Gasteiger partial charge in [-0.2, -0.15) is 0 Å². The fraction of sp³-hybridized carbons (Fsp3) is 0.471. The highest BCUT2D eigenvalue weighted by Gasteiger charge is 2.40. The quantitative estimate of drug-likeness (QED) is 0.457. The summed E-state index contributed by atoms with van der Waals surface area (Å²) < 4.78 is 10.6. The number of hydrogen-bond donors (Lipinski definition) is 0. The van der Waals surface area contributed by atoms with Crippen LogP contribution in [0.15, 0.2) is 18.2 Å². The molecule has 1 atom stereocenters. The summed E-state index contributed by atoms with van der Waals surface area (Å²) in [6, 6.07) is 5.88. The monoisotopic (exact) mass is 308 g/mol. The third-order valence-electron chi connectivity index (χ3n) is 3.43. The molecule has 1 aromatic rings. The largest absolute Gasteiger partial charge is 0.469 e. The first kappa shape index (κ1) is 17.6. The second-order valence-electron chi connectivity index (χ2n) is 5.44. The molecule has 1 unspecified atom stereocenters. The van der Waals surface area contributed by atoms with Gasteiger partial charge in [-0.25, -0.2) is 0 Å². The maximum Gasteiger partial charge on any atom is 0.314 e. The Balaban J connectivity index is 3.32. The lowest BCUT2D eigenvalue weighted by Crippen LogP contribution is -2.34. The fourth-order valence-electron chi connectivity index (χ4n) is 2.29. The minimum absolute atomic E-state index is 0.112. The van der Waals surface area contributed by atoms with Crippen LogP contribution in [-0.2, 0) is 20.1 Å². The first-order valence-electron chi connectivity index (χ1n) is 6.67. The van der Waals surface area contributed by atoms with Gasteiger partial charge in [0, 0.05) is 5.88 Å². The summed E-state index contributed by atoms with van der Waals surface area (Å²) in [6.45, 7) is 5.65. The molecule has 0 aliphatic heterocycles. The van der Waals surface area contributed by atoms with Crippen LogP contribution in [0.1, 0.15) is 36.6 Å². The predicted octanol–water partition coefficient (Wildman–Crippen LogP) is 3.62. The number of hydrogen-bond acceptors (Lipinski definition) is 3. The van der Waals surface area contributed by atoms with E-state index in [1.54, 1.807) is 13.8 Å². The summed E-state index contributed by atoms with van der Waals surface area (Å²) in [7, 11) is 1.36. The van der Waals surface area contributed by atoms with Crippen molar-refractivity contribution in [3.05, 3.63) is 34.9 Å². The number of methoxy groups -OCH3 is 1. The van der Waals surface area contributed by atoms with Crippen molar-refractivity contribution in [1.29, 1.82) is 0 Å². The number of carbonyl (C=O) groups is 1. The molecule has 0 radical (unpaired) electrons. The highest BCUT2D eigenvalue weighted by Crippen LogP contribution is 2.39. The topological polar surface area (TPSA) is 35.5 Å². The van der Waals surface area contributed by atoms with Crippen LogP contribution in [0.2, 0.25) is 0 Å². The van der Waals surface area contributed by atoms with E-state index in [1.807, 2.05) is 25.1 Å². The summed E-state index contributed by atoms with van der Waals surface area (Å²) in [5.41, 5.74) is 2.01. The van der Waals surface area contributed by atoms with Crippen molar-refractivity contribution in [1.82, 2.24) is 0 Å². The Morgan fingerprint density at radius 2 is 2.14 bits per heavy atom. The molecule has 0 spiro atoms. The smallest absolute Gasteiger partial charge is 0.314 e. The predicted molar refractivity (Wildman–Crippen MR) is 84.1 cm³/mol. The van der Waals surface area contributed by atoms with E-state index in [1.165, 1.54) is 7.11 Å². The van der Waals surface area contributed by atoms with Gasteiger partial charge in [0.25, 0.3) is 0 Å². The number of benzene rings is 1. The van der Waals surface area contributed by atoms with Crippen LogP contribution in [-0.4, -0.2) is 19.7 Å². The molecule has 3 nitrogen and oxygen atoms in total. The van der Waals surface area contributed by atoms with Gasteiger partial charge < -0.3 is 9.47 Å². The van der Waals surface area contributed by atoms with Crippen LogP contribution < -0.4 is 0 Å². The molecule has 0 bridgehead atoms. The van der Waals surface area contributed by atoms with Crippen LogP contribution >= 0.6 is 11.6 Å². The first-order chi connectivity index (χ1) is 9.88. The van der Waals surface area contributed by atoms with E-state index in [9.17, 15) is 4.79 Å². The van der Waals surface area contributed by atoms with E-state index in [2.05, 4.69) is 5.92 Å². The van der Waals surface area contributed by atoms with Gasteiger partial charge in [0.1, 0.15) is 6.61 Å². The van der Waals surface area contributed by atoms with Crippen molar-refractivity contribution in [3.8, 4) is 12.3 Å². The molecule has 0 aliphatic carbocycles. The summed E-state index contributed by atoms with van der Waals surface area (Å²) in [6.07, 6.45) is 4.77.